The van der Waals surface area contributed by atoms with Gasteiger partial charge in [-0.1, -0.05) is 19.9 Å². The van der Waals surface area contributed by atoms with Crippen LogP contribution in [-0.2, 0) is 0 Å². The Balaban J connectivity index is 3.76. The molecule has 0 aliphatic heterocycles. The zero-order valence-electron chi connectivity index (χ0n) is 5.58. The molecule has 0 radical (unpaired) electrons. The van der Waals surface area contributed by atoms with Gasteiger partial charge in [-0.25, -0.2) is 0 Å². The van der Waals surface area contributed by atoms with Gasteiger partial charge in [-0.05, 0) is 12.8 Å². The van der Waals surface area contributed by atoms with Crippen LogP contribution in [0.15, 0.2) is 12.7 Å². The minimum atomic E-state index is -0.139. The summed E-state index contributed by atoms with van der Waals surface area (Å²) >= 11 is 5.97. The van der Waals surface area contributed by atoms with E-state index >= 15 is 0 Å². The number of rotatable bonds is 3. The molecule has 0 fully saturated rings. The zero-order valence-corrected chi connectivity index (χ0v) is 6.33. The lowest BCUT2D eigenvalue weighted by molar-refractivity contribution is 0.649. The van der Waals surface area contributed by atoms with E-state index in [4.69, 9.17) is 11.6 Å². The number of halogens is 1. The number of hydrogen-bond donors (Lipinski definition) is 0. The van der Waals surface area contributed by atoms with Gasteiger partial charge in [0.15, 0.2) is 0 Å². The van der Waals surface area contributed by atoms with Gasteiger partial charge in [-0.3, -0.25) is 0 Å². The van der Waals surface area contributed by atoms with Gasteiger partial charge in [0, 0.05) is 0 Å². The second-order valence-corrected chi connectivity index (χ2v) is 2.70. The number of hydrogen-bond acceptors (Lipinski definition) is 0. The summed E-state index contributed by atoms with van der Waals surface area (Å²) in [6.07, 6.45) is 3.75. The molecule has 8 heavy (non-hydrogen) atoms. The molecule has 1 heteroatoms. The number of allylic oxidation sites excluding steroid dienone is 1. The molecule has 0 atom stereocenters. The third-order valence-electron chi connectivity index (χ3n) is 1.54. The maximum Gasteiger partial charge on any atom is 0.0618 e. The van der Waals surface area contributed by atoms with E-state index in [1.165, 1.54) is 0 Å². The normalized spacial score (nSPS) is 11.4. The van der Waals surface area contributed by atoms with Crippen LogP contribution in [0.2, 0.25) is 0 Å². The molecule has 0 bridgehead atoms. The summed E-state index contributed by atoms with van der Waals surface area (Å²) in [4.78, 5) is -0.139. The maximum absolute atomic E-state index is 5.97. The predicted octanol–water partition coefficient (Wildman–Crippen LogP) is 2.97. The molecule has 0 aromatic rings. The zero-order chi connectivity index (χ0) is 6.62. The van der Waals surface area contributed by atoms with Crippen LogP contribution in [0.3, 0.4) is 0 Å². The number of alkyl halides is 1. The molecule has 0 unspecified atom stereocenters. The minimum Gasteiger partial charge on any atom is -0.115 e. The van der Waals surface area contributed by atoms with E-state index in [2.05, 4.69) is 20.4 Å². The largest absolute Gasteiger partial charge is 0.115 e. The molecule has 0 aliphatic rings. The van der Waals surface area contributed by atoms with E-state index in [-0.39, 0.29) is 4.87 Å². The fourth-order valence-electron chi connectivity index (χ4n) is 0.539. The van der Waals surface area contributed by atoms with Crippen LogP contribution >= 0.6 is 11.6 Å². The quantitative estimate of drug-likeness (QED) is 0.409. The molecule has 0 saturated heterocycles. The van der Waals surface area contributed by atoms with Crippen molar-refractivity contribution in [2.45, 2.75) is 31.6 Å². The van der Waals surface area contributed by atoms with Crippen molar-refractivity contribution in [3.05, 3.63) is 12.7 Å². The first kappa shape index (κ1) is 8.03. The second-order valence-electron chi connectivity index (χ2n) is 1.95. The molecule has 48 valence electrons. The fraction of sp³-hybridized carbons (Fsp3) is 0.714. The highest BCUT2D eigenvalue weighted by molar-refractivity contribution is 6.25. The molecule has 0 nitrogen and oxygen atoms in total. The first-order valence-corrected chi connectivity index (χ1v) is 3.39. The first-order valence-electron chi connectivity index (χ1n) is 3.01. The van der Waals surface area contributed by atoms with Gasteiger partial charge in [0.25, 0.3) is 0 Å². The van der Waals surface area contributed by atoms with Crippen LogP contribution in [-0.4, -0.2) is 4.87 Å². The molecule has 0 spiro atoms. The minimum absolute atomic E-state index is 0.139. The summed E-state index contributed by atoms with van der Waals surface area (Å²) in [5.41, 5.74) is 0. The van der Waals surface area contributed by atoms with Crippen molar-refractivity contribution < 1.29 is 0 Å². The van der Waals surface area contributed by atoms with Crippen molar-refractivity contribution >= 4 is 11.6 Å². The topological polar surface area (TPSA) is 0 Å². The lowest BCUT2D eigenvalue weighted by Gasteiger charge is -2.17. The Labute approximate surface area is 56.5 Å². The lowest BCUT2D eigenvalue weighted by atomic mass is 10.0. The monoisotopic (exact) mass is 132 g/mol. The van der Waals surface area contributed by atoms with E-state index in [1.54, 1.807) is 0 Å². The Bertz CT molecular complexity index is 72.5. The van der Waals surface area contributed by atoms with Gasteiger partial charge in [0.2, 0.25) is 0 Å². The van der Waals surface area contributed by atoms with Crippen molar-refractivity contribution in [2.75, 3.05) is 0 Å². The van der Waals surface area contributed by atoms with Crippen molar-refractivity contribution in [2.24, 2.45) is 0 Å². The highest BCUT2D eigenvalue weighted by atomic mass is 35.5. The Morgan fingerprint density at radius 2 is 1.88 bits per heavy atom. The molecular weight excluding hydrogens is 120 g/mol. The van der Waals surface area contributed by atoms with Crippen LogP contribution in [0, 0.1) is 0 Å². The van der Waals surface area contributed by atoms with Crippen LogP contribution < -0.4 is 0 Å². The smallest absolute Gasteiger partial charge is 0.0618 e. The lowest BCUT2D eigenvalue weighted by Crippen LogP contribution is -2.13. The van der Waals surface area contributed by atoms with E-state index in [1.807, 2.05) is 6.08 Å². The summed E-state index contributed by atoms with van der Waals surface area (Å²) in [6.45, 7) is 7.78. The first-order chi connectivity index (χ1) is 3.68. The van der Waals surface area contributed by atoms with Gasteiger partial charge in [-0.2, -0.15) is 0 Å². The van der Waals surface area contributed by atoms with Crippen LogP contribution in [0.5, 0.6) is 0 Å². The summed E-state index contributed by atoms with van der Waals surface area (Å²) in [5.74, 6) is 0. The fourth-order valence-corrected chi connectivity index (χ4v) is 0.539. The van der Waals surface area contributed by atoms with Gasteiger partial charge >= 0.3 is 0 Å². The molecule has 0 aromatic carbocycles. The molecular formula is C7H13Cl. The summed E-state index contributed by atoms with van der Waals surface area (Å²) in [5, 5.41) is 0. The van der Waals surface area contributed by atoms with E-state index in [0.717, 1.165) is 12.8 Å². The van der Waals surface area contributed by atoms with Gasteiger partial charge in [0.1, 0.15) is 0 Å². The molecule has 0 N–H and O–H groups in total. The summed E-state index contributed by atoms with van der Waals surface area (Å²) in [7, 11) is 0. The Morgan fingerprint density at radius 1 is 1.50 bits per heavy atom. The summed E-state index contributed by atoms with van der Waals surface area (Å²) in [6, 6.07) is 0. The molecule has 0 aromatic heterocycles. The van der Waals surface area contributed by atoms with Crippen molar-refractivity contribution in [3.8, 4) is 0 Å². The average molecular weight is 133 g/mol. The molecule has 0 aliphatic carbocycles. The summed E-state index contributed by atoms with van der Waals surface area (Å²) < 4.78 is 0. The highest BCUT2D eigenvalue weighted by Gasteiger charge is 2.16. The molecule has 0 amide bonds. The van der Waals surface area contributed by atoms with E-state index in [0.29, 0.717) is 0 Å². The highest BCUT2D eigenvalue weighted by Crippen LogP contribution is 2.24. The third kappa shape index (κ3) is 1.87. The van der Waals surface area contributed by atoms with Crippen LogP contribution in [0.1, 0.15) is 26.7 Å². The SMILES string of the molecule is C=CC(Cl)(CC)CC. The van der Waals surface area contributed by atoms with Crippen molar-refractivity contribution in [1.29, 1.82) is 0 Å². The Kier molecular flexibility index (Phi) is 3.15. The van der Waals surface area contributed by atoms with Crippen LogP contribution in [0.25, 0.3) is 0 Å². The van der Waals surface area contributed by atoms with Crippen LogP contribution in [0.4, 0.5) is 0 Å². The molecule has 0 heterocycles. The predicted molar refractivity (Wildman–Crippen MR) is 39.4 cm³/mol. The maximum atomic E-state index is 5.97. The average Bonchev–Trinajstić information content (AvgIpc) is 1.87. The van der Waals surface area contributed by atoms with E-state index < -0.39 is 0 Å². The third-order valence-corrected chi connectivity index (χ3v) is 2.23. The van der Waals surface area contributed by atoms with Crippen molar-refractivity contribution in [3.63, 3.8) is 0 Å². The van der Waals surface area contributed by atoms with Gasteiger partial charge in [0.05, 0.1) is 4.87 Å². The van der Waals surface area contributed by atoms with E-state index in [9.17, 15) is 0 Å². The molecule has 0 saturated carbocycles. The van der Waals surface area contributed by atoms with Crippen molar-refractivity contribution in [1.82, 2.24) is 0 Å². The molecule has 0 rings (SSSR count). The van der Waals surface area contributed by atoms with Gasteiger partial charge in [-0.15, -0.1) is 18.2 Å². The Hall–Kier alpha value is 0.0300. The standard InChI is InChI=1S/C7H13Cl/c1-4-7(8,5-2)6-3/h4H,1,5-6H2,2-3H3. The second kappa shape index (κ2) is 3.13. The van der Waals surface area contributed by atoms with Gasteiger partial charge < -0.3 is 0 Å². The Morgan fingerprint density at radius 3 is 1.88 bits per heavy atom.